The molecule has 6 rings (SSSR count). The number of carbonyl (C=O) groups is 2. The molecule has 2 fully saturated rings. The Hall–Kier alpha value is -3.93. The highest BCUT2D eigenvalue weighted by Crippen LogP contribution is 2.62. The lowest BCUT2D eigenvalue weighted by Crippen LogP contribution is -2.75. The van der Waals surface area contributed by atoms with Crippen molar-refractivity contribution in [1.29, 1.82) is 0 Å². The standard InChI is InChI=1S/C28H27N3O7S/c1-26(34)24(32)30-23-27(17-28(30,35)25(33)29(26)2,18-13-15-19(38-3)16-14-18)21-11-7-8-12-22(21)31(23)39(36,37)20-9-5-4-6-10-20/h4-16,23,34-35H,17H2,1-3H3/t23-,26+,27-,28+/m0/s1. The minimum Gasteiger partial charge on any atom is -0.497 e. The Kier molecular flexibility index (Phi) is 5.23. The van der Waals surface area contributed by atoms with Crippen molar-refractivity contribution in [3.8, 4) is 5.75 Å². The predicted molar refractivity (Wildman–Crippen MR) is 140 cm³/mol. The summed E-state index contributed by atoms with van der Waals surface area (Å²) in [5.41, 5.74) is -4.73. The number of amides is 2. The number of aliphatic hydroxyl groups is 2. The number of nitrogens with zero attached hydrogens (tertiary/aromatic N) is 3. The maximum atomic E-state index is 14.3. The zero-order valence-electron chi connectivity index (χ0n) is 21.5. The highest BCUT2D eigenvalue weighted by atomic mass is 32.2. The van der Waals surface area contributed by atoms with Gasteiger partial charge in [-0.15, -0.1) is 0 Å². The molecule has 2 amide bonds. The molecule has 3 aromatic carbocycles. The Morgan fingerprint density at radius 3 is 2.15 bits per heavy atom. The number of benzene rings is 3. The maximum Gasteiger partial charge on any atom is 0.280 e. The first-order valence-corrected chi connectivity index (χ1v) is 13.8. The van der Waals surface area contributed by atoms with E-state index in [1.54, 1.807) is 66.7 Å². The summed E-state index contributed by atoms with van der Waals surface area (Å²) < 4.78 is 35.1. The molecule has 4 atom stereocenters. The molecule has 202 valence electrons. The fourth-order valence-corrected chi connectivity index (χ4v) is 7.94. The monoisotopic (exact) mass is 549 g/mol. The normalized spacial score (nSPS) is 29.8. The van der Waals surface area contributed by atoms with Gasteiger partial charge in [0.1, 0.15) is 11.9 Å². The van der Waals surface area contributed by atoms with Crippen LogP contribution in [0.5, 0.6) is 5.75 Å². The third kappa shape index (κ3) is 3.06. The van der Waals surface area contributed by atoms with Crippen LogP contribution in [0.1, 0.15) is 24.5 Å². The Labute approximate surface area is 225 Å². The van der Waals surface area contributed by atoms with Gasteiger partial charge in [-0.1, -0.05) is 48.5 Å². The van der Waals surface area contributed by atoms with Crippen LogP contribution in [-0.4, -0.2) is 72.0 Å². The molecule has 39 heavy (non-hydrogen) atoms. The summed E-state index contributed by atoms with van der Waals surface area (Å²) in [5, 5.41) is 23.1. The van der Waals surface area contributed by atoms with Crippen LogP contribution in [0.3, 0.4) is 0 Å². The molecule has 0 spiro atoms. The predicted octanol–water partition coefficient (Wildman–Crippen LogP) is 1.62. The lowest BCUT2D eigenvalue weighted by Gasteiger charge is -2.50. The van der Waals surface area contributed by atoms with Gasteiger partial charge in [-0.25, -0.2) is 12.7 Å². The second kappa shape index (κ2) is 8.04. The average Bonchev–Trinajstić information content (AvgIpc) is 3.38. The molecule has 2 saturated heterocycles. The van der Waals surface area contributed by atoms with Crippen LogP contribution >= 0.6 is 0 Å². The SMILES string of the molecule is COc1ccc([C@]23C[C@@]4(O)C(=O)N(C)[C@](C)(O)C(=O)N4[C@H]2N(S(=O)(=O)c2ccccc2)c2ccccc23)cc1. The fraction of sp³-hybridized carbons (Fsp3) is 0.286. The number of hydrogen-bond donors (Lipinski definition) is 2. The number of anilines is 1. The van der Waals surface area contributed by atoms with Gasteiger partial charge in [-0.2, -0.15) is 0 Å². The number of rotatable bonds is 4. The molecule has 0 saturated carbocycles. The summed E-state index contributed by atoms with van der Waals surface area (Å²) in [5.74, 6) is -1.35. The van der Waals surface area contributed by atoms with Crippen LogP contribution in [0.25, 0.3) is 0 Å². The molecule has 0 unspecified atom stereocenters. The summed E-state index contributed by atoms with van der Waals surface area (Å²) in [4.78, 5) is 29.3. The number of methoxy groups -OCH3 is 1. The van der Waals surface area contributed by atoms with Gasteiger partial charge in [0.2, 0.25) is 11.4 Å². The number of sulfonamides is 1. The van der Waals surface area contributed by atoms with E-state index in [-0.39, 0.29) is 11.3 Å². The van der Waals surface area contributed by atoms with E-state index in [9.17, 15) is 28.2 Å². The van der Waals surface area contributed by atoms with Crippen LogP contribution in [-0.2, 0) is 25.0 Å². The molecule has 10 nitrogen and oxygen atoms in total. The fourth-order valence-electron chi connectivity index (χ4n) is 6.26. The molecule has 0 aromatic heterocycles. The maximum absolute atomic E-state index is 14.3. The second-order valence-electron chi connectivity index (χ2n) is 10.3. The number of carbonyl (C=O) groups excluding carboxylic acids is 2. The molecular weight excluding hydrogens is 522 g/mol. The topological polar surface area (TPSA) is 128 Å². The van der Waals surface area contributed by atoms with Crippen molar-refractivity contribution in [1.82, 2.24) is 9.80 Å². The van der Waals surface area contributed by atoms with Gasteiger partial charge in [0.25, 0.3) is 21.8 Å². The Morgan fingerprint density at radius 1 is 0.897 bits per heavy atom. The molecule has 0 bridgehead atoms. The van der Waals surface area contributed by atoms with E-state index < -0.39 is 44.9 Å². The Morgan fingerprint density at radius 2 is 1.51 bits per heavy atom. The van der Waals surface area contributed by atoms with E-state index in [4.69, 9.17) is 4.74 Å². The van der Waals surface area contributed by atoms with Crippen LogP contribution in [0, 0.1) is 0 Å². The average molecular weight is 550 g/mol. The Balaban J connectivity index is 1.70. The third-order valence-corrected chi connectivity index (χ3v) is 10.1. The molecule has 3 aliphatic rings. The number of hydrogen-bond acceptors (Lipinski definition) is 7. The quantitative estimate of drug-likeness (QED) is 0.506. The largest absolute Gasteiger partial charge is 0.497 e. The summed E-state index contributed by atoms with van der Waals surface area (Å²) in [6, 6.07) is 21.4. The molecule has 3 aromatic rings. The first kappa shape index (κ1) is 25.4. The first-order chi connectivity index (χ1) is 18.4. The number of likely N-dealkylation sites (N-methyl/N-ethyl adjacent to an activating group) is 1. The van der Waals surface area contributed by atoms with Crippen molar-refractivity contribution in [3.05, 3.63) is 90.0 Å². The highest BCUT2D eigenvalue weighted by Gasteiger charge is 2.76. The molecule has 2 N–H and O–H groups in total. The van der Waals surface area contributed by atoms with Gasteiger partial charge < -0.3 is 19.8 Å². The van der Waals surface area contributed by atoms with E-state index in [1.165, 1.54) is 26.3 Å². The number of ether oxygens (including phenoxy) is 1. The summed E-state index contributed by atoms with van der Waals surface area (Å²) in [7, 11) is -1.59. The number of piperazine rings is 1. The molecular formula is C28H27N3O7S. The van der Waals surface area contributed by atoms with Crippen molar-refractivity contribution in [2.75, 3.05) is 18.5 Å². The summed E-state index contributed by atoms with van der Waals surface area (Å²) in [6.45, 7) is 1.15. The number of fused-ring (bicyclic) bond motifs is 5. The molecule has 3 aliphatic heterocycles. The van der Waals surface area contributed by atoms with E-state index >= 15 is 0 Å². The third-order valence-electron chi connectivity index (χ3n) is 8.28. The Bertz CT molecular complexity index is 1610. The summed E-state index contributed by atoms with van der Waals surface area (Å²) in [6.07, 6.45) is -1.74. The smallest absolute Gasteiger partial charge is 0.280 e. The van der Waals surface area contributed by atoms with E-state index in [0.717, 1.165) is 21.0 Å². The van der Waals surface area contributed by atoms with Crippen LogP contribution in [0.2, 0.25) is 0 Å². The molecule has 0 aliphatic carbocycles. The van der Waals surface area contributed by atoms with E-state index in [1.807, 2.05) is 0 Å². The lowest BCUT2D eigenvalue weighted by atomic mass is 9.72. The molecule has 11 heteroatoms. The van der Waals surface area contributed by atoms with Crippen molar-refractivity contribution < 1.29 is 33.0 Å². The zero-order valence-corrected chi connectivity index (χ0v) is 22.3. The zero-order chi connectivity index (χ0) is 28.0. The number of para-hydroxylation sites is 1. The van der Waals surface area contributed by atoms with Crippen LogP contribution in [0.15, 0.2) is 83.8 Å². The first-order valence-electron chi connectivity index (χ1n) is 12.3. The van der Waals surface area contributed by atoms with Crippen molar-refractivity contribution in [2.24, 2.45) is 0 Å². The minimum absolute atomic E-state index is 0.0274. The summed E-state index contributed by atoms with van der Waals surface area (Å²) >= 11 is 0. The van der Waals surface area contributed by atoms with Gasteiger partial charge in [0.15, 0.2) is 0 Å². The molecule has 3 heterocycles. The van der Waals surface area contributed by atoms with Gasteiger partial charge in [-0.05, 0) is 48.4 Å². The van der Waals surface area contributed by atoms with Crippen LogP contribution < -0.4 is 9.04 Å². The van der Waals surface area contributed by atoms with Crippen molar-refractivity contribution >= 4 is 27.5 Å². The van der Waals surface area contributed by atoms with Crippen molar-refractivity contribution in [2.45, 2.75) is 41.3 Å². The van der Waals surface area contributed by atoms with Gasteiger partial charge in [-0.3, -0.25) is 14.5 Å². The van der Waals surface area contributed by atoms with Gasteiger partial charge in [0.05, 0.1) is 23.1 Å². The van der Waals surface area contributed by atoms with Gasteiger partial charge >= 0.3 is 0 Å². The van der Waals surface area contributed by atoms with Crippen molar-refractivity contribution in [3.63, 3.8) is 0 Å². The molecule has 0 radical (unpaired) electrons. The van der Waals surface area contributed by atoms with E-state index in [2.05, 4.69) is 0 Å². The minimum atomic E-state index is -4.34. The van der Waals surface area contributed by atoms with Crippen LogP contribution in [0.4, 0.5) is 5.69 Å². The van der Waals surface area contributed by atoms with E-state index in [0.29, 0.717) is 22.6 Å². The highest BCUT2D eigenvalue weighted by molar-refractivity contribution is 7.92. The lowest BCUT2D eigenvalue weighted by molar-refractivity contribution is -0.224. The second-order valence-corrected chi connectivity index (χ2v) is 12.1. The van der Waals surface area contributed by atoms with Gasteiger partial charge in [0, 0.05) is 13.5 Å².